The summed E-state index contributed by atoms with van der Waals surface area (Å²) in [6.07, 6.45) is 0. The van der Waals surface area contributed by atoms with Crippen LogP contribution < -0.4 is 16.7 Å². The van der Waals surface area contributed by atoms with E-state index in [1.807, 2.05) is 0 Å². The summed E-state index contributed by atoms with van der Waals surface area (Å²) in [6.45, 7) is 3.72. The lowest BCUT2D eigenvalue weighted by Crippen LogP contribution is -2.29. The Labute approximate surface area is 148 Å². The van der Waals surface area contributed by atoms with Gasteiger partial charge in [-0.3, -0.25) is 4.98 Å². The number of aromatic amines is 1. The molecule has 0 bridgehead atoms. The monoisotopic (exact) mass is 360 g/mol. The number of nitrogen functional groups attached to an aromatic ring is 1. The van der Waals surface area contributed by atoms with Gasteiger partial charge < -0.3 is 15.8 Å². The Hall–Kier alpha value is -2.80. The van der Waals surface area contributed by atoms with Crippen molar-refractivity contribution in [1.82, 2.24) is 9.97 Å². The Morgan fingerprint density at radius 2 is 2.04 bits per heavy atom. The van der Waals surface area contributed by atoms with Crippen molar-refractivity contribution in [3.05, 3.63) is 62.2 Å². The standard InChI is InChI=1S/C17H17ClN4O3/c1-3-25-16(23)11-8(2)20-15-13(14(19)21-17(24)22-15)12(11)9-4-6-10(18)7-5-9/h4-7,12H,3H2,1-2H3,(H4,19,20,21,22,24). The summed E-state index contributed by atoms with van der Waals surface area (Å²) in [5.74, 6) is -0.510. The van der Waals surface area contributed by atoms with Crippen LogP contribution in [-0.2, 0) is 9.53 Å². The zero-order chi connectivity index (χ0) is 18.1. The van der Waals surface area contributed by atoms with Crippen molar-refractivity contribution in [3.8, 4) is 0 Å². The average molecular weight is 361 g/mol. The Morgan fingerprint density at radius 1 is 1.36 bits per heavy atom. The molecule has 2 heterocycles. The molecular weight excluding hydrogens is 344 g/mol. The highest BCUT2D eigenvalue weighted by Gasteiger charge is 2.35. The lowest BCUT2D eigenvalue weighted by atomic mass is 9.82. The summed E-state index contributed by atoms with van der Waals surface area (Å²) in [7, 11) is 0. The number of nitrogens with one attached hydrogen (secondary N) is 2. The average Bonchev–Trinajstić information content (AvgIpc) is 2.54. The Balaban J connectivity index is 2.26. The molecule has 0 aliphatic carbocycles. The van der Waals surface area contributed by atoms with Crippen LogP contribution in [0.15, 0.2) is 40.3 Å². The molecule has 7 nitrogen and oxygen atoms in total. The molecule has 130 valence electrons. The third kappa shape index (κ3) is 3.10. The van der Waals surface area contributed by atoms with Crippen LogP contribution in [0.25, 0.3) is 0 Å². The van der Waals surface area contributed by atoms with Crippen molar-refractivity contribution >= 4 is 29.2 Å². The first-order chi connectivity index (χ1) is 11.9. The fourth-order valence-corrected chi connectivity index (χ4v) is 3.09. The van der Waals surface area contributed by atoms with E-state index in [2.05, 4.69) is 15.3 Å². The van der Waals surface area contributed by atoms with E-state index in [1.165, 1.54) is 0 Å². The number of aromatic nitrogens is 2. The van der Waals surface area contributed by atoms with Crippen molar-refractivity contribution in [1.29, 1.82) is 0 Å². The van der Waals surface area contributed by atoms with E-state index in [4.69, 9.17) is 22.1 Å². The first-order valence-electron chi connectivity index (χ1n) is 7.72. The predicted molar refractivity (Wildman–Crippen MR) is 95.5 cm³/mol. The van der Waals surface area contributed by atoms with Gasteiger partial charge in [-0.15, -0.1) is 0 Å². The number of benzene rings is 1. The fraction of sp³-hybridized carbons (Fsp3) is 0.235. The van der Waals surface area contributed by atoms with E-state index in [1.54, 1.807) is 38.1 Å². The normalized spacial score (nSPS) is 16.2. The van der Waals surface area contributed by atoms with Gasteiger partial charge in [-0.2, -0.15) is 4.98 Å². The minimum absolute atomic E-state index is 0.150. The van der Waals surface area contributed by atoms with Gasteiger partial charge in [0.2, 0.25) is 0 Å². The van der Waals surface area contributed by atoms with Crippen LogP contribution in [0.4, 0.5) is 11.6 Å². The molecule has 1 unspecified atom stereocenters. The number of nitrogens with two attached hydrogens (primary N) is 1. The van der Waals surface area contributed by atoms with Gasteiger partial charge >= 0.3 is 11.7 Å². The van der Waals surface area contributed by atoms with E-state index < -0.39 is 17.6 Å². The van der Waals surface area contributed by atoms with Crippen LogP contribution in [-0.4, -0.2) is 22.5 Å². The van der Waals surface area contributed by atoms with Crippen molar-refractivity contribution in [2.75, 3.05) is 17.7 Å². The van der Waals surface area contributed by atoms with E-state index in [-0.39, 0.29) is 12.4 Å². The number of rotatable bonds is 3. The smallest absolute Gasteiger partial charge is 0.348 e. The molecule has 0 saturated carbocycles. The number of allylic oxidation sites excluding steroid dienone is 1. The zero-order valence-electron chi connectivity index (χ0n) is 13.7. The molecule has 1 aromatic heterocycles. The molecule has 1 aromatic carbocycles. The minimum atomic E-state index is -0.564. The van der Waals surface area contributed by atoms with Gasteiger partial charge in [-0.1, -0.05) is 23.7 Å². The molecule has 0 amide bonds. The van der Waals surface area contributed by atoms with Crippen LogP contribution in [0.2, 0.25) is 5.02 Å². The third-order valence-corrected chi connectivity index (χ3v) is 4.24. The van der Waals surface area contributed by atoms with E-state index in [0.29, 0.717) is 27.7 Å². The molecule has 2 aromatic rings. The van der Waals surface area contributed by atoms with Crippen molar-refractivity contribution in [2.45, 2.75) is 19.8 Å². The Bertz CT molecular complexity index is 918. The number of H-pyrrole nitrogens is 1. The number of fused-ring (bicyclic) bond motifs is 1. The Morgan fingerprint density at radius 3 is 2.68 bits per heavy atom. The zero-order valence-corrected chi connectivity index (χ0v) is 14.5. The molecule has 4 N–H and O–H groups in total. The van der Waals surface area contributed by atoms with Gasteiger partial charge in [0.15, 0.2) is 0 Å². The maximum Gasteiger partial charge on any atom is 0.348 e. The molecule has 0 radical (unpaired) electrons. The second-order valence-corrected chi connectivity index (χ2v) is 6.02. The number of ether oxygens (including phenoxy) is 1. The van der Waals surface area contributed by atoms with Crippen LogP contribution in [0.5, 0.6) is 0 Å². The highest BCUT2D eigenvalue weighted by atomic mass is 35.5. The van der Waals surface area contributed by atoms with Gasteiger partial charge in [0.05, 0.1) is 18.1 Å². The summed E-state index contributed by atoms with van der Waals surface area (Å²) in [5.41, 5.74) is 7.76. The predicted octanol–water partition coefficient (Wildman–Crippen LogP) is 2.40. The van der Waals surface area contributed by atoms with Gasteiger partial charge in [-0.05, 0) is 31.5 Å². The summed E-state index contributed by atoms with van der Waals surface area (Å²) < 4.78 is 5.21. The van der Waals surface area contributed by atoms with Crippen LogP contribution in [0, 0.1) is 0 Å². The van der Waals surface area contributed by atoms with Crippen LogP contribution in [0.3, 0.4) is 0 Å². The lowest BCUT2D eigenvalue weighted by Gasteiger charge is -2.29. The molecule has 1 aliphatic rings. The number of nitrogens with zero attached hydrogens (tertiary/aromatic N) is 1. The van der Waals surface area contributed by atoms with E-state index in [9.17, 15) is 9.59 Å². The molecular formula is C17H17ClN4O3. The number of hydrogen-bond donors (Lipinski definition) is 3. The number of esters is 1. The molecule has 3 rings (SSSR count). The molecule has 1 aliphatic heterocycles. The van der Waals surface area contributed by atoms with Gasteiger partial charge in [0, 0.05) is 16.3 Å². The first-order valence-corrected chi connectivity index (χ1v) is 8.10. The van der Waals surface area contributed by atoms with Gasteiger partial charge in [0.25, 0.3) is 0 Å². The highest BCUT2D eigenvalue weighted by Crippen LogP contribution is 2.43. The van der Waals surface area contributed by atoms with Crippen LogP contribution >= 0.6 is 11.6 Å². The van der Waals surface area contributed by atoms with Crippen molar-refractivity contribution in [3.63, 3.8) is 0 Å². The highest BCUT2D eigenvalue weighted by molar-refractivity contribution is 6.30. The van der Waals surface area contributed by atoms with Crippen molar-refractivity contribution in [2.24, 2.45) is 0 Å². The number of halogens is 1. The SMILES string of the molecule is CCOC(=O)C1=C(C)Nc2nc(=O)[nH]c(N)c2C1c1ccc(Cl)cc1. The second-order valence-electron chi connectivity index (χ2n) is 5.59. The summed E-state index contributed by atoms with van der Waals surface area (Å²) in [5, 5.41) is 3.56. The van der Waals surface area contributed by atoms with E-state index >= 15 is 0 Å². The second kappa shape index (κ2) is 6.60. The molecule has 1 atom stereocenters. The number of carbonyl (C=O) groups is 1. The van der Waals surface area contributed by atoms with Crippen LogP contribution in [0.1, 0.15) is 30.9 Å². The lowest BCUT2D eigenvalue weighted by molar-refractivity contribution is -0.138. The quantitative estimate of drug-likeness (QED) is 0.725. The number of carbonyl (C=O) groups excluding carboxylic acids is 1. The Kier molecular flexibility index (Phi) is 4.50. The molecule has 8 heteroatoms. The van der Waals surface area contributed by atoms with Crippen molar-refractivity contribution < 1.29 is 9.53 Å². The first kappa shape index (κ1) is 17.0. The summed E-state index contributed by atoms with van der Waals surface area (Å²) in [4.78, 5) is 30.7. The maximum absolute atomic E-state index is 12.6. The third-order valence-electron chi connectivity index (χ3n) is 3.99. The van der Waals surface area contributed by atoms with Gasteiger partial charge in [-0.25, -0.2) is 9.59 Å². The topological polar surface area (TPSA) is 110 Å². The molecule has 0 saturated heterocycles. The fourth-order valence-electron chi connectivity index (χ4n) is 2.96. The maximum atomic E-state index is 12.6. The molecule has 25 heavy (non-hydrogen) atoms. The largest absolute Gasteiger partial charge is 0.463 e. The molecule has 0 spiro atoms. The molecule has 0 fully saturated rings. The van der Waals surface area contributed by atoms with E-state index in [0.717, 1.165) is 5.56 Å². The van der Waals surface area contributed by atoms with Gasteiger partial charge in [0.1, 0.15) is 11.6 Å². The summed E-state index contributed by atoms with van der Waals surface area (Å²) in [6, 6.07) is 7.07. The number of hydrogen-bond acceptors (Lipinski definition) is 6. The minimum Gasteiger partial charge on any atom is -0.463 e. The number of anilines is 2. The summed E-state index contributed by atoms with van der Waals surface area (Å²) >= 11 is 5.98.